The number of aryl methyl sites for hydroxylation is 2. The first-order valence-corrected chi connectivity index (χ1v) is 14.6. The van der Waals surface area contributed by atoms with Crippen LogP contribution in [-0.2, 0) is 23.0 Å². The van der Waals surface area contributed by atoms with Crippen molar-refractivity contribution < 1.29 is 18.6 Å². The van der Waals surface area contributed by atoms with E-state index in [1.54, 1.807) is 54.9 Å². The number of phenolic OH excluding ortho intramolecular Hbond substituents is 2. The smallest absolute Gasteiger partial charge is 0.265 e. The second kappa shape index (κ2) is 9.88. The second-order valence-corrected chi connectivity index (χ2v) is 11.7. The Kier molecular flexibility index (Phi) is 6.35. The molecule has 5 aromatic rings. The molecular formula is C32H29N3O4S. The average Bonchev–Trinajstić information content (AvgIpc) is 3.24. The highest BCUT2D eigenvalue weighted by atomic mass is 32.2. The molecule has 0 amide bonds. The molecule has 6 rings (SSSR count). The van der Waals surface area contributed by atoms with Gasteiger partial charge in [-0.1, -0.05) is 72.8 Å². The predicted molar refractivity (Wildman–Crippen MR) is 158 cm³/mol. The van der Waals surface area contributed by atoms with Gasteiger partial charge in [-0.2, -0.15) is 5.10 Å². The largest absolute Gasteiger partial charge is 0.507 e. The first-order valence-electron chi connectivity index (χ1n) is 13.1. The Labute approximate surface area is 233 Å². The van der Waals surface area contributed by atoms with E-state index in [0.29, 0.717) is 45.5 Å². The zero-order valence-corrected chi connectivity index (χ0v) is 23.0. The fourth-order valence-corrected chi connectivity index (χ4v) is 7.08. The molecule has 40 heavy (non-hydrogen) atoms. The summed E-state index contributed by atoms with van der Waals surface area (Å²) in [5.41, 5.74) is 4.93. The maximum atomic E-state index is 13.9. The zero-order valence-electron chi connectivity index (χ0n) is 22.2. The maximum Gasteiger partial charge on any atom is 0.265 e. The molecule has 0 aliphatic heterocycles. The summed E-state index contributed by atoms with van der Waals surface area (Å²) in [7, 11) is -4.07. The average molecular weight is 552 g/mol. The van der Waals surface area contributed by atoms with E-state index in [2.05, 4.69) is 9.82 Å². The van der Waals surface area contributed by atoms with Crippen molar-refractivity contribution in [2.24, 2.45) is 0 Å². The van der Waals surface area contributed by atoms with E-state index in [9.17, 15) is 18.6 Å². The van der Waals surface area contributed by atoms with Crippen LogP contribution in [-0.4, -0.2) is 28.4 Å². The van der Waals surface area contributed by atoms with Gasteiger partial charge in [-0.15, -0.1) is 0 Å². The van der Waals surface area contributed by atoms with Crippen LogP contribution in [0.2, 0.25) is 0 Å². The van der Waals surface area contributed by atoms with Crippen LogP contribution < -0.4 is 4.72 Å². The molecule has 0 saturated carbocycles. The van der Waals surface area contributed by atoms with Crippen molar-refractivity contribution in [3.63, 3.8) is 0 Å². The molecule has 1 aliphatic carbocycles. The number of rotatable bonds is 6. The van der Waals surface area contributed by atoms with E-state index in [-0.39, 0.29) is 16.4 Å². The normalized spacial score (nSPS) is 12.9. The summed E-state index contributed by atoms with van der Waals surface area (Å²) in [4.78, 5) is 0.116. The predicted octanol–water partition coefficient (Wildman–Crippen LogP) is 6.54. The van der Waals surface area contributed by atoms with Crippen LogP contribution in [0, 0.1) is 13.8 Å². The van der Waals surface area contributed by atoms with E-state index < -0.39 is 10.0 Å². The Morgan fingerprint density at radius 1 is 0.950 bits per heavy atom. The van der Waals surface area contributed by atoms with Crippen LogP contribution in [0.4, 0.5) is 5.69 Å². The highest BCUT2D eigenvalue weighted by molar-refractivity contribution is 7.92. The molecule has 0 bridgehead atoms. The topological polar surface area (TPSA) is 104 Å². The number of hydrogen-bond acceptors (Lipinski definition) is 5. The van der Waals surface area contributed by atoms with Gasteiger partial charge in [0.1, 0.15) is 16.4 Å². The summed E-state index contributed by atoms with van der Waals surface area (Å²) in [6.45, 7) is 3.88. The van der Waals surface area contributed by atoms with Gasteiger partial charge in [-0.3, -0.25) is 9.40 Å². The number of phenols is 2. The van der Waals surface area contributed by atoms with Crippen LogP contribution in [0.15, 0.2) is 83.8 Å². The summed E-state index contributed by atoms with van der Waals surface area (Å²) < 4.78 is 32.3. The van der Waals surface area contributed by atoms with Gasteiger partial charge in [0, 0.05) is 21.9 Å². The number of sulfonamides is 1. The molecule has 0 saturated heterocycles. The van der Waals surface area contributed by atoms with Crippen LogP contribution in [0.3, 0.4) is 0 Å². The standard InChI is InChI=1S/C32H29N3O4S/c1-20-32(21(2)35(33-20)19-22-10-4-3-5-11-22)40(38,39)34-28-18-27(31(37)26-15-9-8-14-25(26)28)30-24-13-7-6-12-23(24)16-17-29(30)36/h3-5,7-11,13-18,34,36-37H,6,12,19H2,1-2H3. The molecule has 0 spiro atoms. The highest BCUT2D eigenvalue weighted by Crippen LogP contribution is 2.46. The first-order chi connectivity index (χ1) is 19.2. The Hall–Kier alpha value is -4.56. The number of anilines is 1. The fourth-order valence-electron chi connectivity index (χ4n) is 5.59. The molecule has 7 nitrogen and oxygen atoms in total. The summed E-state index contributed by atoms with van der Waals surface area (Å²) in [5.74, 6) is -0.0113. The lowest BCUT2D eigenvalue weighted by atomic mass is 9.88. The minimum atomic E-state index is -4.07. The zero-order chi connectivity index (χ0) is 28.0. The number of hydrogen-bond donors (Lipinski definition) is 3. The summed E-state index contributed by atoms with van der Waals surface area (Å²) in [6, 6.07) is 21.9. The third-order valence-electron chi connectivity index (χ3n) is 7.47. The lowest BCUT2D eigenvalue weighted by molar-refractivity contribution is 0.471. The minimum absolute atomic E-state index is 0.0126. The Morgan fingerprint density at radius 2 is 1.68 bits per heavy atom. The lowest BCUT2D eigenvalue weighted by Gasteiger charge is -2.20. The quantitative estimate of drug-likeness (QED) is 0.208. The van der Waals surface area contributed by atoms with Crippen molar-refractivity contribution in [2.75, 3.05) is 4.72 Å². The number of fused-ring (bicyclic) bond motifs is 2. The second-order valence-electron chi connectivity index (χ2n) is 10.1. The molecule has 0 radical (unpaired) electrons. The van der Waals surface area contributed by atoms with Gasteiger partial charge in [0.15, 0.2) is 0 Å². The Morgan fingerprint density at radius 3 is 2.45 bits per heavy atom. The molecule has 3 N–H and O–H groups in total. The number of benzene rings is 4. The molecule has 202 valence electrons. The minimum Gasteiger partial charge on any atom is -0.507 e. The third kappa shape index (κ3) is 4.40. The number of nitrogens with one attached hydrogen (secondary N) is 1. The third-order valence-corrected chi connectivity index (χ3v) is 9.08. The highest BCUT2D eigenvalue weighted by Gasteiger charge is 2.27. The SMILES string of the molecule is Cc1nn(Cc2ccccc2)c(C)c1S(=O)(=O)Nc1cc(-c2c(O)ccc3c2C=CCC3)c(O)c2ccccc12. The van der Waals surface area contributed by atoms with Gasteiger partial charge in [-0.25, -0.2) is 8.42 Å². The maximum absolute atomic E-state index is 13.9. The first kappa shape index (κ1) is 25.7. The van der Waals surface area contributed by atoms with Crippen LogP contribution in [0.1, 0.15) is 34.5 Å². The van der Waals surface area contributed by atoms with Crippen LogP contribution >= 0.6 is 0 Å². The molecule has 1 aromatic heterocycles. The van der Waals surface area contributed by atoms with Crippen LogP contribution in [0.25, 0.3) is 28.0 Å². The Balaban J connectivity index is 1.48. The van der Waals surface area contributed by atoms with E-state index in [4.69, 9.17) is 0 Å². The van der Waals surface area contributed by atoms with E-state index in [1.165, 1.54) is 0 Å². The van der Waals surface area contributed by atoms with Gasteiger partial charge in [0.25, 0.3) is 10.0 Å². The lowest BCUT2D eigenvalue weighted by Crippen LogP contribution is -2.15. The number of aromatic nitrogens is 2. The van der Waals surface area contributed by atoms with Crippen LogP contribution in [0.5, 0.6) is 11.5 Å². The Bertz CT molecular complexity index is 1910. The number of nitrogens with zero attached hydrogens (tertiary/aromatic N) is 2. The van der Waals surface area contributed by atoms with Crippen molar-refractivity contribution in [2.45, 2.75) is 38.1 Å². The molecule has 0 unspecified atom stereocenters. The van der Waals surface area contributed by atoms with Crippen molar-refractivity contribution in [3.05, 3.63) is 107 Å². The van der Waals surface area contributed by atoms with Crippen molar-refractivity contribution >= 4 is 32.6 Å². The number of aromatic hydroxyl groups is 2. The molecular weight excluding hydrogens is 522 g/mol. The van der Waals surface area contributed by atoms with E-state index in [1.807, 2.05) is 48.6 Å². The fraction of sp³-hybridized carbons (Fsp3) is 0.156. The summed E-state index contributed by atoms with van der Waals surface area (Å²) in [5, 5.41) is 27.8. The number of allylic oxidation sites excluding steroid dienone is 1. The van der Waals surface area contributed by atoms with Gasteiger partial charge in [0.2, 0.25) is 0 Å². The van der Waals surface area contributed by atoms with Gasteiger partial charge < -0.3 is 10.2 Å². The molecule has 1 aliphatic rings. The van der Waals surface area contributed by atoms with Crippen molar-refractivity contribution in [1.82, 2.24) is 9.78 Å². The van der Waals surface area contributed by atoms with Crippen molar-refractivity contribution in [3.8, 4) is 22.6 Å². The molecule has 0 fully saturated rings. The van der Waals surface area contributed by atoms with Gasteiger partial charge >= 0.3 is 0 Å². The monoisotopic (exact) mass is 551 g/mol. The van der Waals surface area contributed by atoms with Gasteiger partial charge in [-0.05, 0) is 55.5 Å². The molecule has 8 heteroatoms. The molecule has 0 atom stereocenters. The van der Waals surface area contributed by atoms with E-state index >= 15 is 0 Å². The molecule has 4 aromatic carbocycles. The summed E-state index contributed by atoms with van der Waals surface area (Å²) >= 11 is 0. The molecule has 1 heterocycles. The van der Waals surface area contributed by atoms with Crippen molar-refractivity contribution in [1.29, 1.82) is 0 Å². The van der Waals surface area contributed by atoms with Gasteiger partial charge in [0.05, 0.1) is 23.6 Å². The summed E-state index contributed by atoms with van der Waals surface area (Å²) in [6.07, 6.45) is 5.69. The van der Waals surface area contributed by atoms with E-state index in [0.717, 1.165) is 29.5 Å².